The van der Waals surface area contributed by atoms with Gasteiger partial charge < -0.3 is 9.84 Å². The summed E-state index contributed by atoms with van der Waals surface area (Å²) in [4.78, 5) is 11.4. The summed E-state index contributed by atoms with van der Waals surface area (Å²) in [5, 5.41) is 10.7. The number of aliphatic hydroxyl groups is 1. The lowest BCUT2D eigenvalue weighted by molar-refractivity contribution is -0.235. The summed E-state index contributed by atoms with van der Waals surface area (Å²) in [7, 11) is 0. The topological polar surface area (TPSA) is 46.5 Å². The molecule has 2 rings (SSSR count). The molecular weight excluding hydrogens is 192 g/mol. The lowest BCUT2D eigenvalue weighted by Crippen LogP contribution is -2.63. The Bertz CT molecular complexity index is 285. The maximum Gasteiger partial charge on any atom is 0.306 e. The van der Waals surface area contributed by atoms with E-state index in [1.165, 1.54) is 0 Å². The molecule has 1 heterocycles. The van der Waals surface area contributed by atoms with Gasteiger partial charge in [-0.3, -0.25) is 4.79 Å². The zero-order valence-electron chi connectivity index (χ0n) is 9.75. The highest BCUT2D eigenvalue weighted by atomic mass is 16.6. The number of ether oxygens (including phenoxy) is 1. The number of carbonyl (C=O) groups excluding carboxylic acids is 1. The Morgan fingerprint density at radius 2 is 2.13 bits per heavy atom. The van der Waals surface area contributed by atoms with E-state index in [9.17, 15) is 9.90 Å². The first-order valence-electron chi connectivity index (χ1n) is 5.79. The van der Waals surface area contributed by atoms with Crippen LogP contribution in [0.3, 0.4) is 0 Å². The SMILES string of the molecule is C[C@@H]1CC[C@]2(O)[C@@H](CC(=O)OC2(C)C)C1. The summed E-state index contributed by atoms with van der Waals surface area (Å²) < 4.78 is 5.29. The molecule has 0 aromatic rings. The number of esters is 1. The third-order valence-corrected chi connectivity index (χ3v) is 4.21. The van der Waals surface area contributed by atoms with E-state index in [2.05, 4.69) is 6.92 Å². The Morgan fingerprint density at radius 1 is 1.47 bits per heavy atom. The van der Waals surface area contributed by atoms with Crippen molar-refractivity contribution in [3.8, 4) is 0 Å². The second kappa shape index (κ2) is 3.21. The maximum atomic E-state index is 11.4. The van der Waals surface area contributed by atoms with Crippen LogP contribution >= 0.6 is 0 Å². The molecule has 2 fully saturated rings. The molecule has 0 amide bonds. The second-order valence-corrected chi connectivity index (χ2v) is 5.69. The quantitative estimate of drug-likeness (QED) is 0.624. The molecular formula is C12H20O3. The van der Waals surface area contributed by atoms with Gasteiger partial charge in [-0.1, -0.05) is 6.92 Å². The van der Waals surface area contributed by atoms with Crippen LogP contribution in [0.5, 0.6) is 0 Å². The summed E-state index contributed by atoms with van der Waals surface area (Å²) in [5.41, 5.74) is -1.54. The van der Waals surface area contributed by atoms with Gasteiger partial charge in [-0.15, -0.1) is 0 Å². The Balaban J connectivity index is 2.29. The molecule has 86 valence electrons. The molecule has 1 saturated carbocycles. The van der Waals surface area contributed by atoms with Crippen molar-refractivity contribution in [2.75, 3.05) is 0 Å². The van der Waals surface area contributed by atoms with Gasteiger partial charge in [0.05, 0.1) is 6.42 Å². The normalized spacial score (nSPS) is 44.4. The molecule has 3 atom stereocenters. The van der Waals surface area contributed by atoms with Crippen LogP contribution in [-0.4, -0.2) is 22.3 Å². The van der Waals surface area contributed by atoms with E-state index in [1.54, 1.807) is 0 Å². The zero-order valence-corrected chi connectivity index (χ0v) is 9.75. The molecule has 1 aliphatic carbocycles. The lowest BCUT2D eigenvalue weighted by Gasteiger charge is -2.53. The number of carbonyl (C=O) groups is 1. The molecule has 2 aliphatic rings. The third kappa shape index (κ3) is 1.57. The fraction of sp³-hybridized carbons (Fsp3) is 0.917. The van der Waals surface area contributed by atoms with Crippen LogP contribution in [-0.2, 0) is 9.53 Å². The molecule has 1 saturated heterocycles. The maximum absolute atomic E-state index is 11.4. The number of hydrogen-bond donors (Lipinski definition) is 1. The van der Waals surface area contributed by atoms with Crippen LogP contribution in [0, 0.1) is 11.8 Å². The fourth-order valence-electron chi connectivity index (χ4n) is 3.13. The predicted molar refractivity (Wildman–Crippen MR) is 56.2 cm³/mol. The highest BCUT2D eigenvalue weighted by molar-refractivity contribution is 5.72. The van der Waals surface area contributed by atoms with Gasteiger partial charge in [0.1, 0.15) is 11.2 Å². The van der Waals surface area contributed by atoms with Crippen LogP contribution in [0.1, 0.15) is 46.5 Å². The third-order valence-electron chi connectivity index (χ3n) is 4.21. The summed E-state index contributed by atoms with van der Waals surface area (Å²) >= 11 is 0. The minimum atomic E-state index is -0.812. The van der Waals surface area contributed by atoms with Gasteiger partial charge in [0.25, 0.3) is 0 Å². The van der Waals surface area contributed by atoms with Crippen LogP contribution in [0.25, 0.3) is 0 Å². The van der Waals surface area contributed by atoms with Crippen molar-refractivity contribution in [3.63, 3.8) is 0 Å². The second-order valence-electron chi connectivity index (χ2n) is 5.69. The highest BCUT2D eigenvalue weighted by Gasteiger charge is 2.57. The fourth-order valence-corrected chi connectivity index (χ4v) is 3.13. The van der Waals surface area contributed by atoms with Crippen molar-refractivity contribution in [2.24, 2.45) is 11.8 Å². The van der Waals surface area contributed by atoms with E-state index in [0.29, 0.717) is 12.3 Å². The zero-order chi connectivity index (χ0) is 11.3. The van der Waals surface area contributed by atoms with Gasteiger partial charge in [-0.25, -0.2) is 0 Å². The van der Waals surface area contributed by atoms with Crippen molar-refractivity contribution >= 4 is 5.97 Å². The molecule has 0 bridgehead atoms. The summed E-state index contributed by atoms with van der Waals surface area (Å²) in [6.45, 7) is 5.84. The molecule has 0 radical (unpaired) electrons. The summed E-state index contributed by atoms with van der Waals surface area (Å²) in [5.74, 6) is 0.526. The van der Waals surface area contributed by atoms with Gasteiger partial charge in [0.2, 0.25) is 0 Å². The van der Waals surface area contributed by atoms with Crippen LogP contribution in [0.4, 0.5) is 0 Å². The molecule has 15 heavy (non-hydrogen) atoms. The van der Waals surface area contributed by atoms with Gasteiger partial charge in [-0.2, -0.15) is 0 Å². The molecule has 1 aliphatic heterocycles. The van der Waals surface area contributed by atoms with Crippen molar-refractivity contribution in [3.05, 3.63) is 0 Å². The number of fused-ring (bicyclic) bond motifs is 1. The van der Waals surface area contributed by atoms with Crippen LogP contribution in [0.2, 0.25) is 0 Å². The Labute approximate surface area is 90.8 Å². The van der Waals surface area contributed by atoms with E-state index >= 15 is 0 Å². The number of cyclic esters (lactones) is 1. The number of hydrogen-bond acceptors (Lipinski definition) is 3. The average Bonchev–Trinajstić information content (AvgIpc) is 2.08. The molecule has 1 N–H and O–H groups in total. The predicted octanol–water partition coefficient (Wildman–Crippen LogP) is 1.88. The van der Waals surface area contributed by atoms with E-state index in [-0.39, 0.29) is 11.9 Å². The molecule has 0 aromatic heterocycles. The van der Waals surface area contributed by atoms with E-state index in [4.69, 9.17) is 4.74 Å². The number of rotatable bonds is 0. The van der Waals surface area contributed by atoms with Gasteiger partial charge in [-0.05, 0) is 39.0 Å². The Hall–Kier alpha value is -0.570. The first-order chi connectivity index (χ1) is 6.85. The first-order valence-corrected chi connectivity index (χ1v) is 5.79. The van der Waals surface area contributed by atoms with E-state index in [1.807, 2.05) is 13.8 Å². The lowest BCUT2D eigenvalue weighted by atomic mass is 9.62. The molecule has 0 spiro atoms. The molecule has 0 aromatic carbocycles. The Kier molecular flexibility index (Phi) is 2.34. The highest BCUT2D eigenvalue weighted by Crippen LogP contribution is 2.49. The largest absolute Gasteiger partial charge is 0.457 e. The van der Waals surface area contributed by atoms with Gasteiger partial charge in [0, 0.05) is 5.92 Å². The van der Waals surface area contributed by atoms with Crippen molar-refractivity contribution in [1.82, 2.24) is 0 Å². The molecule has 0 unspecified atom stereocenters. The summed E-state index contributed by atoms with van der Waals surface area (Å²) in [6.07, 6.45) is 3.09. The van der Waals surface area contributed by atoms with Crippen molar-refractivity contribution in [1.29, 1.82) is 0 Å². The standard InChI is InChI=1S/C12H20O3/c1-8-4-5-12(14)9(6-8)7-10(13)15-11(12,2)3/h8-9,14H,4-7H2,1-3H3/t8-,9-,12+/m1/s1. The summed E-state index contributed by atoms with van der Waals surface area (Å²) in [6, 6.07) is 0. The minimum Gasteiger partial charge on any atom is -0.457 e. The average molecular weight is 212 g/mol. The van der Waals surface area contributed by atoms with Gasteiger partial charge >= 0.3 is 5.97 Å². The Morgan fingerprint density at radius 3 is 2.80 bits per heavy atom. The van der Waals surface area contributed by atoms with Crippen molar-refractivity contribution in [2.45, 2.75) is 57.7 Å². The van der Waals surface area contributed by atoms with E-state index < -0.39 is 11.2 Å². The van der Waals surface area contributed by atoms with Crippen LogP contribution in [0.15, 0.2) is 0 Å². The molecule has 3 nitrogen and oxygen atoms in total. The molecule has 3 heteroatoms. The van der Waals surface area contributed by atoms with Gasteiger partial charge in [0.15, 0.2) is 0 Å². The van der Waals surface area contributed by atoms with Crippen LogP contribution < -0.4 is 0 Å². The van der Waals surface area contributed by atoms with E-state index in [0.717, 1.165) is 19.3 Å². The first kappa shape index (κ1) is 10.9. The monoisotopic (exact) mass is 212 g/mol. The minimum absolute atomic E-state index is 0.0810. The van der Waals surface area contributed by atoms with Crippen molar-refractivity contribution < 1.29 is 14.6 Å². The smallest absolute Gasteiger partial charge is 0.306 e.